The summed E-state index contributed by atoms with van der Waals surface area (Å²) in [7, 11) is 0. The van der Waals surface area contributed by atoms with E-state index >= 15 is 0 Å². The van der Waals surface area contributed by atoms with Gasteiger partial charge in [0.15, 0.2) is 5.78 Å². The van der Waals surface area contributed by atoms with E-state index in [0.29, 0.717) is 11.3 Å². The number of hydrogen-bond donors (Lipinski definition) is 1. The molecular formula is C20H17F3N2O3. The van der Waals surface area contributed by atoms with E-state index in [1.165, 1.54) is 30.0 Å². The van der Waals surface area contributed by atoms with E-state index in [-0.39, 0.29) is 24.4 Å². The summed E-state index contributed by atoms with van der Waals surface area (Å²) in [5.41, 5.74) is 0.106. The summed E-state index contributed by atoms with van der Waals surface area (Å²) in [5.74, 6) is -1.70. The Hall–Kier alpha value is -3.16. The third-order valence-corrected chi connectivity index (χ3v) is 4.52. The second-order valence-electron chi connectivity index (χ2n) is 6.58. The molecule has 28 heavy (non-hydrogen) atoms. The SMILES string of the molecule is CC(=O)c1cccc(NC(=O)C2CC(=O)N(c3cccc(C(F)(F)F)c3)C2)c1. The first-order valence-electron chi connectivity index (χ1n) is 8.54. The monoisotopic (exact) mass is 390 g/mol. The maximum Gasteiger partial charge on any atom is 0.416 e. The van der Waals surface area contributed by atoms with Crippen molar-refractivity contribution in [2.24, 2.45) is 5.92 Å². The summed E-state index contributed by atoms with van der Waals surface area (Å²) < 4.78 is 38.7. The molecule has 1 unspecified atom stereocenters. The lowest BCUT2D eigenvalue weighted by molar-refractivity contribution is -0.137. The van der Waals surface area contributed by atoms with Crippen LogP contribution in [0.25, 0.3) is 0 Å². The highest BCUT2D eigenvalue weighted by atomic mass is 19.4. The van der Waals surface area contributed by atoms with Crippen LogP contribution in [0.15, 0.2) is 48.5 Å². The molecule has 8 heteroatoms. The van der Waals surface area contributed by atoms with Crippen molar-refractivity contribution in [3.05, 3.63) is 59.7 Å². The van der Waals surface area contributed by atoms with Crippen molar-refractivity contribution < 1.29 is 27.6 Å². The fourth-order valence-electron chi connectivity index (χ4n) is 3.04. The van der Waals surface area contributed by atoms with Crippen molar-refractivity contribution in [2.75, 3.05) is 16.8 Å². The van der Waals surface area contributed by atoms with Crippen LogP contribution in [0.3, 0.4) is 0 Å². The molecule has 2 aromatic carbocycles. The van der Waals surface area contributed by atoms with Crippen molar-refractivity contribution in [1.82, 2.24) is 0 Å². The topological polar surface area (TPSA) is 66.5 Å². The van der Waals surface area contributed by atoms with Gasteiger partial charge in [0, 0.05) is 29.9 Å². The molecule has 3 rings (SSSR count). The zero-order chi connectivity index (χ0) is 20.5. The van der Waals surface area contributed by atoms with Crippen molar-refractivity contribution in [2.45, 2.75) is 19.5 Å². The number of carbonyl (C=O) groups is 3. The van der Waals surface area contributed by atoms with Gasteiger partial charge in [-0.3, -0.25) is 14.4 Å². The summed E-state index contributed by atoms with van der Waals surface area (Å²) >= 11 is 0. The van der Waals surface area contributed by atoms with Gasteiger partial charge >= 0.3 is 6.18 Å². The van der Waals surface area contributed by atoms with Crippen LogP contribution >= 0.6 is 0 Å². The molecule has 1 heterocycles. The fraction of sp³-hybridized carbons (Fsp3) is 0.250. The quantitative estimate of drug-likeness (QED) is 0.806. The van der Waals surface area contributed by atoms with Gasteiger partial charge in [0.05, 0.1) is 11.5 Å². The van der Waals surface area contributed by atoms with Gasteiger partial charge in [-0.25, -0.2) is 0 Å². The maximum atomic E-state index is 12.9. The summed E-state index contributed by atoms with van der Waals surface area (Å²) in [5, 5.41) is 2.66. The van der Waals surface area contributed by atoms with Crippen LogP contribution < -0.4 is 10.2 Å². The minimum absolute atomic E-state index is 0.0155. The summed E-state index contributed by atoms with van der Waals surface area (Å²) in [6, 6.07) is 10.8. The molecule has 0 aliphatic carbocycles. The van der Waals surface area contributed by atoms with Gasteiger partial charge in [-0.1, -0.05) is 18.2 Å². The molecule has 0 bridgehead atoms. The van der Waals surface area contributed by atoms with Crippen LogP contribution in [0.4, 0.5) is 24.5 Å². The van der Waals surface area contributed by atoms with Crippen molar-refractivity contribution in [3.8, 4) is 0 Å². The maximum absolute atomic E-state index is 12.9. The van der Waals surface area contributed by atoms with Gasteiger partial charge in [0.2, 0.25) is 11.8 Å². The van der Waals surface area contributed by atoms with Gasteiger partial charge in [-0.2, -0.15) is 13.2 Å². The minimum atomic E-state index is -4.52. The predicted octanol–water partition coefficient (Wildman–Crippen LogP) is 3.90. The van der Waals surface area contributed by atoms with Gasteiger partial charge in [0.25, 0.3) is 0 Å². The standard InChI is InChI=1S/C20H17F3N2O3/c1-12(26)13-4-2-6-16(8-13)24-19(28)14-9-18(27)25(11-14)17-7-3-5-15(10-17)20(21,22)23/h2-8,10,14H,9,11H2,1H3,(H,24,28). The number of alkyl halides is 3. The Balaban J connectivity index is 1.73. The molecule has 5 nitrogen and oxygen atoms in total. The summed E-state index contributed by atoms with van der Waals surface area (Å²) in [6.07, 6.45) is -4.62. The molecular weight excluding hydrogens is 373 g/mol. The van der Waals surface area contributed by atoms with Crippen molar-refractivity contribution in [3.63, 3.8) is 0 Å². The first kappa shape index (κ1) is 19.6. The molecule has 1 aliphatic rings. The number of nitrogens with one attached hydrogen (secondary N) is 1. The van der Waals surface area contributed by atoms with Crippen LogP contribution in [-0.2, 0) is 15.8 Å². The smallest absolute Gasteiger partial charge is 0.326 e. The average molecular weight is 390 g/mol. The van der Waals surface area contributed by atoms with Crippen LogP contribution in [-0.4, -0.2) is 24.1 Å². The second kappa shape index (κ2) is 7.46. The highest BCUT2D eigenvalue weighted by molar-refractivity contribution is 6.04. The number of halogens is 3. The number of hydrogen-bond acceptors (Lipinski definition) is 3. The highest BCUT2D eigenvalue weighted by Gasteiger charge is 2.37. The largest absolute Gasteiger partial charge is 0.416 e. The Kier molecular flexibility index (Phi) is 5.22. The van der Waals surface area contributed by atoms with E-state index in [9.17, 15) is 27.6 Å². The van der Waals surface area contributed by atoms with E-state index in [2.05, 4.69) is 5.32 Å². The molecule has 0 aromatic heterocycles. The predicted molar refractivity (Wildman–Crippen MR) is 97.0 cm³/mol. The molecule has 1 saturated heterocycles. The zero-order valence-electron chi connectivity index (χ0n) is 14.9. The number of rotatable bonds is 4. The third kappa shape index (κ3) is 4.21. The lowest BCUT2D eigenvalue weighted by Crippen LogP contribution is -2.28. The fourth-order valence-corrected chi connectivity index (χ4v) is 3.04. The number of nitrogens with zero attached hydrogens (tertiary/aromatic N) is 1. The molecule has 1 fully saturated rings. The lowest BCUT2D eigenvalue weighted by atomic mass is 10.1. The molecule has 0 spiro atoms. The van der Waals surface area contributed by atoms with Crippen LogP contribution in [0.5, 0.6) is 0 Å². The Morgan fingerprint density at radius 2 is 1.82 bits per heavy atom. The zero-order valence-corrected chi connectivity index (χ0v) is 14.9. The van der Waals surface area contributed by atoms with Gasteiger partial charge in [0.1, 0.15) is 0 Å². The second-order valence-corrected chi connectivity index (χ2v) is 6.58. The summed E-state index contributed by atoms with van der Waals surface area (Å²) in [4.78, 5) is 37.4. The minimum Gasteiger partial charge on any atom is -0.326 e. The Bertz CT molecular complexity index is 940. The average Bonchev–Trinajstić information content (AvgIpc) is 3.03. The highest BCUT2D eigenvalue weighted by Crippen LogP contribution is 2.33. The first-order chi connectivity index (χ1) is 13.1. The first-order valence-corrected chi connectivity index (χ1v) is 8.54. The lowest BCUT2D eigenvalue weighted by Gasteiger charge is -2.18. The van der Waals surface area contributed by atoms with Gasteiger partial charge < -0.3 is 10.2 Å². The van der Waals surface area contributed by atoms with E-state index < -0.39 is 29.5 Å². The molecule has 1 aliphatic heterocycles. The number of Topliss-reactive ketones (excluding diaryl/α,β-unsaturated/α-hetero) is 1. The Morgan fingerprint density at radius 3 is 2.50 bits per heavy atom. The summed E-state index contributed by atoms with van der Waals surface area (Å²) in [6.45, 7) is 1.39. The molecule has 0 saturated carbocycles. The number of anilines is 2. The van der Waals surface area contributed by atoms with Gasteiger partial charge in [-0.05, 0) is 37.3 Å². The van der Waals surface area contributed by atoms with Crippen LogP contribution in [0.1, 0.15) is 29.3 Å². The Morgan fingerprint density at radius 1 is 1.11 bits per heavy atom. The Labute approximate surface area is 159 Å². The number of ketones is 1. The number of benzene rings is 2. The van der Waals surface area contributed by atoms with Gasteiger partial charge in [-0.15, -0.1) is 0 Å². The van der Waals surface area contributed by atoms with Crippen molar-refractivity contribution >= 4 is 29.0 Å². The number of carbonyl (C=O) groups excluding carboxylic acids is 3. The van der Waals surface area contributed by atoms with Crippen molar-refractivity contribution in [1.29, 1.82) is 0 Å². The molecule has 2 aromatic rings. The molecule has 1 atom stereocenters. The molecule has 146 valence electrons. The molecule has 1 N–H and O–H groups in total. The van der Waals surface area contributed by atoms with Crippen LogP contribution in [0, 0.1) is 5.92 Å². The van der Waals surface area contributed by atoms with E-state index in [0.717, 1.165) is 12.1 Å². The van der Waals surface area contributed by atoms with E-state index in [1.807, 2.05) is 0 Å². The third-order valence-electron chi connectivity index (χ3n) is 4.52. The van der Waals surface area contributed by atoms with E-state index in [1.54, 1.807) is 18.2 Å². The normalized spacial score (nSPS) is 16.9. The van der Waals surface area contributed by atoms with Crippen LogP contribution in [0.2, 0.25) is 0 Å². The molecule has 0 radical (unpaired) electrons. The number of amides is 2. The van der Waals surface area contributed by atoms with E-state index in [4.69, 9.17) is 0 Å². The molecule has 2 amide bonds.